The summed E-state index contributed by atoms with van der Waals surface area (Å²) in [6.45, 7) is 1.84. The summed E-state index contributed by atoms with van der Waals surface area (Å²) in [5, 5.41) is 7.18. The number of aromatic nitrogens is 2. The summed E-state index contributed by atoms with van der Waals surface area (Å²) in [6, 6.07) is 26.0. The molecule has 4 aromatic rings. The molecule has 5 rings (SSSR count). The van der Waals surface area contributed by atoms with Crippen molar-refractivity contribution < 1.29 is 14.3 Å². The van der Waals surface area contributed by atoms with E-state index in [2.05, 4.69) is 34.7 Å². The molecule has 176 valence electrons. The molecule has 1 aliphatic rings. The minimum absolute atomic E-state index is 0.258. The van der Waals surface area contributed by atoms with E-state index in [9.17, 15) is 9.59 Å². The normalized spacial score (nSPS) is 14.7. The first-order chi connectivity index (χ1) is 17.0. The molecule has 6 nitrogen and oxygen atoms in total. The summed E-state index contributed by atoms with van der Waals surface area (Å²) in [5.41, 5.74) is 5.66. The standard InChI is InChI=1S/C29H27N3O3/c1-20(21-6-4-3-5-7-21)35-28(34)31-27-26(18-30-32(27)2)24-10-8-22(9-11-24)23-12-14-25(15-13-23)29(19-33)16-17-29/h3-15,18-20H,16-17H2,1-2H3,(H,31,34)/t20-/m1/s1. The highest BCUT2D eigenvalue weighted by Crippen LogP contribution is 2.46. The van der Waals surface area contributed by atoms with Crippen molar-refractivity contribution >= 4 is 18.2 Å². The van der Waals surface area contributed by atoms with E-state index < -0.39 is 6.09 Å². The molecular formula is C29H27N3O3. The van der Waals surface area contributed by atoms with Crippen LogP contribution in [0.25, 0.3) is 22.3 Å². The van der Waals surface area contributed by atoms with Gasteiger partial charge in [-0.2, -0.15) is 5.10 Å². The smallest absolute Gasteiger partial charge is 0.413 e. The molecule has 1 aliphatic carbocycles. The van der Waals surface area contributed by atoms with E-state index in [4.69, 9.17) is 4.74 Å². The Labute approximate surface area is 204 Å². The van der Waals surface area contributed by atoms with E-state index in [1.54, 1.807) is 17.9 Å². The number of aldehydes is 1. The van der Waals surface area contributed by atoms with Gasteiger partial charge in [-0.3, -0.25) is 10.00 Å². The molecule has 0 radical (unpaired) electrons. The summed E-state index contributed by atoms with van der Waals surface area (Å²) < 4.78 is 7.19. The van der Waals surface area contributed by atoms with E-state index in [-0.39, 0.29) is 11.5 Å². The van der Waals surface area contributed by atoms with Gasteiger partial charge in [0.15, 0.2) is 0 Å². The Bertz CT molecular complexity index is 1340. The zero-order chi connectivity index (χ0) is 24.4. The van der Waals surface area contributed by atoms with Crippen molar-refractivity contribution in [2.45, 2.75) is 31.3 Å². The molecule has 1 atom stereocenters. The van der Waals surface area contributed by atoms with Crippen molar-refractivity contribution in [1.82, 2.24) is 9.78 Å². The molecule has 1 N–H and O–H groups in total. The average Bonchev–Trinajstić information content (AvgIpc) is 3.62. The fourth-order valence-electron chi connectivity index (χ4n) is 4.32. The number of ether oxygens (including phenoxy) is 1. The number of aryl methyl sites for hydroxylation is 1. The Morgan fingerprint density at radius 3 is 2.17 bits per heavy atom. The highest BCUT2D eigenvalue weighted by Gasteiger charge is 2.44. The quantitative estimate of drug-likeness (QED) is 0.325. The van der Waals surface area contributed by atoms with Crippen LogP contribution < -0.4 is 5.32 Å². The number of benzene rings is 3. The number of nitrogens with one attached hydrogen (secondary N) is 1. The maximum absolute atomic E-state index is 12.6. The average molecular weight is 466 g/mol. The lowest BCUT2D eigenvalue weighted by Gasteiger charge is -2.15. The topological polar surface area (TPSA) is 73.2 Å². The lowest BCUT2D eigenvalue weighted by Crippen LogP contribution is -2.18. The number of hydrogen-bond donors (Lipinski definition) is 1. The third-order valence-corrected chi connectivity index (χ3v) is 6.72. The number of nitrogens with zero attached hydrogens (tertiary/aromatic N) is 2. The molecule has 0 unspecified atom stereocenters. The molecular weight excluding hydrogens is 438 g/mol. The third kappa shape index (κ3) is 4.60. The maximum atomic E-state index is 12.6. The Balaban J connectivity index is 1.30. The summed E-state index contributed by atoms with van der Waals surface area (Å²) in [4.78, 5) is 24.0. The monoisotopic (exact) mass is 465 g/mol. The van der Waals surface area contributed by atoms with Gasteiger partial charge in [-0.25, -0.2) is 4.79 Å². The second-order valence-corrected chi connectivity index (χ2v) is 9.04. The summed E-state index contributed by atoms with van der Waals surface area (Å²) in [5.74, 6) is 0.566. The van der Waals surface area contributed by atoms with Gasteiger partial charge < -0.3 is 9.53 Å². The number of carbonyl (C=O) groups excluding carboxylic acids is 2. The van der Waals surface area contributed by atoms with Crippen LogP contribution in [0, 0.1) is 0 Å². The minimum Gasteiger partial charge on any atom is -0.441 e. The fourth-order valence-corrected chi connectivity index (χ4v) is 4.32. The highest BCUT2D eigenvalue weighted by atomic mass is 16.6. The zero-order valence-corrected chi connectivity index (χ0v) is 19.8. The number of hydrogen-bond acceptors (Lipinski definition) is 4. The first-order valence-corrected chi connectivity index (χ1v) is 11.7. The number of rotatable bonds is 7. The predicted octanol–water partition coefficient (Wildman–Crippen LogP) is 6.29. The van der Waals surface area contributed by atoms with Crippen molar-refractivity contribution in [3.8, 4) is 22.3 Å². The van der Waals surface area contributed by atoms with Crippen LogP contribution in [0.2, 0.25) is 0 Å². The number of carbonyl (C=O) groups is 2. The maximum Gasteiger partial charge on any atom is 0.413 e. The molecule has 35 heavy (non-hydrogen) atoms. The SMILES string of the molecule is C[C@@H](OC(=O)Nc1c(-c2ccc(-c3ccc(C4(C=O)CC4)cc3)cc2)cnn1C)c1ccccc1. The van der Waals surface area contributed by atoms with Crippen LogP contribution in [-0.4, -0.2) is 22.2 Å². The van der Waals surface area contributed by atoms with Gasteiger partial charge in [-0.1, -0.05) is 78.9 Å². The Hall–Kier alpha value is -4.19. The molecule has 0 aliphatic heterocycles. The van der Waals surface area contributed by atoms with Crippen LogP contribution >= 0.6 is 0 Å². The predicted molar refractivity (Wildman–Crippen MR) is 136 cm³/mol. The van der Waals surface area contributed by atoms with Gasteiger partial charge in [0.1, 0.15) is 18.2 Å². The molecule has 0 saturated heterocycles. The molecule has 0 spiro atoms. The lowest BCUT2D eigenvalue weighted by atomic mass is 9.94. The molecule has 1 amide bonds. The Morgan fingerprint density at radius 2 is 1.57 bits per heavy atom. The summed E-state index contributed by atoms with van der Waals surface area (Å²) >= 11 is 0. The molecule has 1 fully saturated rings. The second-order valence-electron chi connectivity index (χ2n) is 9.04. The molecule has 1 saturated carbocycles. The van der Waals surface area contributed by atoms with Gasteiger partial charge in [0.2, 0.25) is 0 Å². The van der Waals surface area contributed by atoms with Crippen molar-refractivity contribution in [2.75, 3.05) is 5.32 Å². The van der Waals surface area contributed by atoms with Gasteiger partial charge in [0, 0.05) is 12.6 Å². The Kier molecular flexibility index (Phi) is 5.95. The molecule has 1 aromatic heterocycles. The van der Waals surface area contributed by atoms with Crippen LogP contribution in [-0.2, 0) is 22.0 Å². The van der Waals surface area contributed by atoms with Crippen LogP contribution in [0.3, 0.4) is 0 Å². The number of anilines is 1. The summed E-state index contributed by atoms with van der Waals surface area (Å²) in [7, 11) is 1.78. The Morgan fingerprint density at radius 1 is 0.971 bits per heavy atom. The summed E-state index contributed by atoms with van der Waals surface area (Å²) in [6.07, 6.45) is 3.77. The van der Waals surface area contributed by atoms with E-state index in [0.29, 0.717) is 5.82 Å². The van der Waals surface area contributed by atoms with E-state index in [1.807, 2.05) is 61.5 Å². The van der Waals surface area contributed by atoms with Crippen LogP contribution in [0.1, 0.15) is 37.0 Å². The minimum atomic E-state index is -0.535. The van der Waals surface area contributed by atoms with Gasteiger partial charge in [0.05, 0.1) is 11.6 Å². The van der Waals surface area contributed by atoms with E-state index in [0.717, 1.165) is 52.5 Å². The van der Waals surface area contributed by atoms with E-state index in [1.165, 1.54) is 0 Å². The van der Waals surface area contributed by atoms with Crippen molar-refractivity contribution in [3.63, 3.8) is 0 Å². The van der Waals surface area contributed by atoms with Crippen molar-refractivity contribution in [2.24, 2.45) is 7.05 Å². The zero-order valence-electron chi connectivity index (χ0n) is 19.8. The van der Waals surface area contributed by atoms with Crippen LogP contribution in [0.5, 0.6) is 0 Å². The first kappa shape index (κ1) is 22.6. The molecule has 3 aromatic carbocycles. The van der Waals surface area contributed by atoms with Gasteiger partial charge in [0.25, 0.3) is 0 Å². The van der Waals surface area contributed by atoms with Gasteiger partial charge in [-0.15, -0.1) is 0 Å². The molecule has 1 heterocycles. The second kappa shape index (κ2) is 9.22. The van der Waals surface area contributed by atoms with Gasteiger partial charge >= 0.3 is 6.09 Å². The van der Waals surface area contributed by atoms with Crippen molar-refractivity contribution in [3.05, 3.63) is 96.2 Å². The fraction of sp³-hybridized carbons (Fsp3) is 0.207. The van der Waals surface area contributed by atoms with Crippen LogP contribution in [0.15, 0.2) is 85.1 Å². The molecule has 0 bridgehead atoms. The highest BCUT2D eigenvalue weighted by molar-refractivity contribution is 5.90. The van der Waals surface area contributed by atoms with Crippen molar-refractivity contribution in [1.29, 1.82) is 0 Å². The number of amides is 1. The van der Waals surface area contributed by atoms with E-state index >= 15 is 0 Å². The lowest BCUT2D eigenvalue weighted by molar-refractivity contribution is -0.109. The van der Waals surface area contributed by atoms with Gasteiger partial charge in [-0.05, 0) is 47.6 Å². The van der Waals surface area contributed by atoms with Crippen LogP contribution in [0.4, 0.5) is 10.6 Å². The first-order valence-electron chi connectivity index (χ1n) is 11.7. The molecule has 6 heteroatoms. The largest absolute Gasteiger partial charge is 0.441 e. The third-order valence-electron chi connectivity index (χ3n) is 6.72.